The van der Waals surface area contributed by atoms with Crippen molar-refractivity contribution in [2.75, 3.05) is 0 Å². The molecule has 3 aromatic rings. The minimum Gasteiger partial charge on any atom is -0.473 e. The first kappa shape index (κ1) is 17.0. The molecule has 0 saturated carbocycles. The molecule has 0 unspecified atom stereocenters. The van der Waals surface area contributed by atoms with Crippen LogP contribution in [0.5, 0.6) is 5.75 Å². The zero-order valence-electron chi connectivity index (χ0n) is 13.6. The molecule has 1 N–H and O–H groups in total. The maximum Gasteiger partial charge on any atom is 0.331 e. The summed E-state index contributed by atoms with van der Waals surface area (Å²) < 4.78 is 7.14. The van der Waals surface area contributed by atoms with Gasteiger partial charge in [-0.3, -0.25) is 19.3 Å². The van der Waals surface area contributed by atoms with Crippen molar-refractivity contribution in [3.8, 4) is 5.75 Å². The largest absolute Gasteiger partial charge is 0.473 e. The molecule has 6 nitrogen and oxygen atoms in total. The normalized spacial score (nSPS) is 10.6. The highest BCUT2D eigenvalue weighted by molar-refractivity contribution is 7.99. The highest BCUT2D eigenvalue weighted by Crippen LogP contribution is 2.28. The lowest BCUT2D eigenvalue weighted by atomic mass is 10.2. The lowest BCUT2D eigenvalue weighted by Gasteiger charge is -2.15. The zero-order chi connectivity index (χ0) is 17.6. The second-order valence-electron chi connectivity index (χ2n) is 5.20. The number of aromatic amines is 1. The molecule has 128 valence electrons. The van der Waals surface area contributed by atoms with E-state index >= 15 is 0 Å². The summed E-state index contributed by atoms with van der Waals surface area (Å²) >= 11 is 1.33. The summed E-state index contributed by atoms with van der Waals surface area (Å²) in [6.07, 6.45) is 3.87. The number of hydrogen-bond donors (Lipinski definition) is 1. The zero-order valence-corrected chi connectivity index (χ0v) is 14.5. The molecule has 3 rings (SSSR count). The van der Waals surface area contributed by atoms with Crippen molar-refractivity contribution < 1.29 is 4.74 Å². The van der Waals surface area contributed by atoms with E-state index in [9.17, 15) is 9.59 Å². The van der Waals surface area contributed by atoms with Crippen LogP contribution in [0.25, 0.3) is 0 Å². The maximum atomic E-state index is 12.3. The number of rotatable bonds is 6. The Morgan fingerprint density at radius 2 is 1.96 bits per heavy atom. The van der Waals surface area contributed by atoms with Gasteiger partial charge in [0, 0.05) is 22.9 Å². The number of H-pyrrole nitrogens is 1. The molecule has 0 atom stereocenters. The second-order valence-corrected chi connectivity index (χ2v) is 6.26. The van der Waals surface area contributed by atoms with Crippen LogP contribution < -0.4 is 16.0 Å². The number of nitrogens with zero attached hydrogens (tertiary/aromatic N) is 2. The van der Waals surface area contributed by atoms with Crippen LogP contribution in [-0.2, 0) is 13.2 Å². The van der Waals surface area contributed by atoms with Gasteiger partial charge in [-0.25, -0.2) is 4.79 Å². The fraction of sp³-hybridized carbons (Fsp3) is 0.167. The number of benzene rings is 1. The summed E-state index contributed by atoms with van der Waals surface area (Å²) in [7, 11) is 0. The Morgan fingerprint density at radius 1 is 1.16 bits per heavy atom. The molecule has 2 heterocycles. The van der Waals surface area contributed by atoms with Crippen molar-refractivity contribution in [1.29, 1.82) is 0 Å². The van der Waals surface area contributed by atoms with Crippen LogP contribution in [0, 0.1) is 0 Å². The lowest BCUT2D eigenvalue weighted by Crippen LogP contribution is -2.35. The van der Waals surface area contributed by atoms with Crippen molar-refractivity contribution in [3.63, 3.8) is 0 Å². The van der Waals surface area contributed by atoms with E-state index in [1.807, 2.05) is 49.4 Å². The Morgan fingerprint density at radius 3 is 2.64 bits per heavy atom. The van der Waals surface area contributed by atoms with Gasteiger partial charge in [-0.2, -0.15) is 0 Å². The first-order valence-electron chi connectivity index (χ1n) is 7.80. The number of para-hydroxylation sites is 1. The number of hydrogen-bond acceptors (Lipinski definition) is 5. The van der Waals surface area contributed by atoms with Crippen molar-refractivity contribution in [2.45, 2.75) is 30.0 Å². The maximum absolute atomic E-state index is 12.3. The van der Waals surface area contributed by atoms with E-state index in [1.165, 1.54) is 16.3 Å². The van der Waals surface area contributed by atoms with Crippen LogP contribution in [0.15, 0.2) is 74.4 Å². The van der Waals surface area contributed by atoms with Crippen molar-refractivity contribution in [2.24, 2.45) is 0 Å². The monoisotopic (exact) mass is 355 g/mol. The fourth-order valence-electron chi connectivity index (χ4n) is 2.31. The van der Waals surface area contributed by atoms with E-state index < -0.39 is 5.69 Å². The third-order valence-corrected chi connectivity index (χ3v) is 4.69. The van der Waals surface area contributed by atoms with E-state index in [1.54, 1.807) is 12.4 Å². The molecule has 0 amide bonds. The Kier molecular flexibility index (Phi) is 5.35. The van der Waals surface area contributed by atoms with Crippen LogP contribution in [0.3, 0.4) is 0 Å². The average molecular weight is 355 g/mol. The molecular formula is C18H17N3O3S. The standard InChI is InChI=1S/C18H17N3O3S/c1-2-15-16(22)20-18(23)21(12-24-13-7-4-3-5-8-13)17(15)25-14-9-6-10-19-11-14/h3-11H,2,12H2,1H3,(H,20,22,23). The molecule has 7 heteroatoms. The Labute approximate surface area is 148 Å². The molecule has 0 aliphatic carbocycles. The van der Waals surface area contributed by atoms with E-state index in [-0.39, 0.29) is 12.3 Å². The molecule has 0 bridgehead atoms. The SMILES string of the molecule is CCc1c(Sc2cccnc2)n(COc2ccccc2)c(=O)[nH]c1=O. The first-order valence-corrected chi connectivity index (χ1v) is 8.62. The second kappa shape index (κ2) is 7.85. The van der Waals surface area contributed by atoms with Crippen LogP contribution >= 0.6 is 11.8 Å². The van der Waals surface area contributed by atoms with E-state index in [2.05, 4.69) is 9.97 Å². The smallest absolute Gasteiger partial charge is 0.331 e. The van der Waals surface area contributed by atoms with Gasteiger partial charge in [0.2, 0.25) is 0 Å². The summed E-state index contributed by atoms with van der Waals surface area (Å²) in [6.45, 7) is 1.89. The van der Waals surface area contributed by atoms with Gasteiger partial charge in [-0.1, -0.05) is 36.9 Å². The van der Waals surface area contributed by atoms with Crippen molar-refractivity contribution in [3.05, 3.63) is 81.3 Å². The van der Waals surface area contributed by atoms with E-state index in [4.69, 9.17) is 4.74 Å². The lowest BCUT2D eigenvalue weighted by molar-refractivity contribution is 0.218. The number of nitrogens with one attached hydrogen (secondary N) is 1. The molecule has 0 radical (unpaired) electrons. The fourth-order valence-corrected chi connectivity index (χ4v) is 3.40. The summed E-state index contributed by atoms with van der Waals surface area (Å²) in [5.41, 5.74) is -0.315. The first-order chi connectivity index (χ1) is 12.2. The third kappa shape index (κ3) is 4.00. The Bertz CT molecular complexity index is 953. The summed E-state index contributed by atoms with van der Waals surface area (Å²) in [4.78, 5) is 31.8. The van der Waals surface area contributed by atoms with Crippen LogP contribution in [-0.4, -0.2) is 14.5 Å². The predicted molar refractivity (Wildman–Crippen MR) is 96.1 cm³/mol. The molecule has 1 aromatic carbocycles. The van der Waals surface area contributed by atoms with Crippen molar-refractivity contribution in [1.82, 2.24) is 14.5 Å². The minimum absolute atomic E-state index is 0.00915. The summed E-state index contributed by atoms with van der Waals surface area (Å²) in [6, 6.07) is 12.9. The highest BCUT2D eigenvalue weighted by Gasteiger charge is 2.15. The van der Waals surface area contributed by atoms with Gasteiger partial charge in [0.15, 0.2) is 6.73 Å². The Balaban J connectivity index is 2.00. The van der Waals surface area contributed by atoms with Gasteiger partial charge < -0.3 is 4.74 Å². The number of pyridine rings is 1. The number of aromatic nitrogens is 3. The van der Waals surface area contributed by atoms with Gasteiger partial charge >= 0.3 is 5.69 Å². The number of ether oxygens (including phenoxy) is 1. The van der Waals surface area contributed by atoms with Crippen LogP contribution in [0.2, 0.25) is 0 Å². The predicted octanol–water partition coefficient (Wildman–Crippen LogP) is 2.68. The molecular weight excluding hydrogens is 338 g/mol. The van der Waals surface area contributed by atoms with Gasteiger partial charge in [-0.15, -0.1) is 0 Å². The van der Waals surface area contributed by atoms with E-state index in [0.29, 0.717) is 22.8 Å². The van der Waals surface area contributed by atoms with Crippen molar-refractivity contribution >= 4 is 11.8 Å². The molecule has 0 spiro atoms. The molecule has 2 aromatic heterocycles. The van der Waals surface area contributed by atoms with E-state index in [0.717, 1.165) is 4.90 Å². The summed E-state index contributed by atoms with van der Waals surface area (Å²) in [5.74, 6) is 0.649. The minimum atomic E-state index is -0.496. The molecule has 0 aliphatic heterocycles. The quantitative estimate of drug-likeness (QED) is 0.688. The van der Waals surface area contributed by atoms with Gasteiger partial charge in [0.1, 0.15) is 5.75 Å². The van der Waals surface area contributed by atoms with Gasteiger partial charge in [0.25, 0.3) is 5.56 Å². The van der Waals surface area contributed by atoms with Crippen LogP contribution in [0.4, 0.5) is 0 Å². The third-order valence-electron chi connectivity index (χ3n) is 3.55. The molecule has 0 aliphatic rings. The molecule has 25 heavy (non-hydrogen) atoms. The molecule has 0 saturated heterocycles. The summed E-state index contributed by atoms with van der Waals surface area (Å²) in [5, 5.41) is 0.570. The topological polar surface area (TPSA) is 77.0 Å². The average Bonchev–Trinajstić information content (AvgIpc) is 2.63. The van der Waals surface area contributed by atoms with Gasteiger partial charge in [0.05, 0.1) is 5.03 Å². The highest BCUT2D eigenvalue weighted by atomic mass is 32.2. The van der Waals surface area contributed by atoms with Gasteiger partial charge in [-0.05, 0) is 30.7 Å². The Hall–Kier alpha value is -2.80. The van der Waals surface area contributed by atoms with Crippen LogP contribution in [0.1, 0.15) is 12.5 Å². The molecule has 0 fully saturated rings.